The molecule has 0 amide bonds. The zero-order chi connectivity index (χ0) is 9.14. The minimum atomic E-state index is -0.835. The van der Waals surface area contributed by atoms with Crippen LogP contribution in [0.15, 0.2) is 11.6 Å². The second kappa shape index (κ2) is 3.47. The summed E-state index contributed by atoms with van der Waals surface area (Å²) in [6, 6.07) is -0.835. The number of allylic oxidation sites excluding steroid dienone is 1. The topological polar surface area (TPSA) is 60.2 Å². The summed E-state index contributed by atoms with van der Waals surface area (Å²) in [4.78, 5) is 21.1. The molecular formula is C8H11NO3. The van der Waals surface area contributed by atoms with E-state index in [0.717, 1.165) is 12.8 Å². The predicted molar refractivity (Wildman–Crippen MR) is 43.4 cm³/mol. The van der Waals surface area contributed by atoms with Crippen LogP contribution in [0.5, 0.6) is 0 Å². The van der Waals surface area contributed by atoms with Gasteiger partial charge in [-0.1, -0.05) is 6.08 Å². The van der Waals surface area contributed by atoms with Gasteiger partial charge >= 0.3 is 0 Å². The highest BCUT2D eigenvalue weighted by atomic mass is 16.6. The van der Waals surface area contributed by atoms with E-state index in [1.807, 2.05) is 0 Å². The van der Waals surface area contributed by atoms with Gasteiger partial charge in [-0.05, 0) is 12.8 Å². The molecule has 1 rings (SSSR count). The number of carbonyl (C=O) groups is 1. The SMILES string of the molecule is CC(C1=CCCCC1=O)[N+](=O)[O-]. The van der Waals surface area contributed by atoms with Crippen LogP contribution in [-0.4, -0.2) is 16.7 Å². The lowest BCUT2D eigenvalue weighted by Gasteiger charge is -2.12. The van der Waals surface area contributed by atoms with E-state index >= 15 is 0 Å². The Bertz CT molecular complexity index is 245. The number of nitro groups is 1. The number of ketones is 1. The Kier molecular flexibility index (Phi) is 2.58. The second-order valence-corrected chi connectivity index (χ2v) is 2.94. The maximum atomic E-state index is 11.2. The molecule has 0 aromatic carbocycles. The molecular weight excluding hydrogens is 158 g/mol. The number of hydrogen-bond acceptors (Lipinski definition) is 3. The monoisotopic (exact) mass is 169 g/mol. The van der Waals surface area contributed by atoms with Crippen LogP contribution in [0.3, 0.4) is 0 Å². The lowest BCUT2D eigenvalue weighted by atomic mass is 9.94. The van der Waals surface area contributed by atoms with Crippen LogP contribution >= 0.6 is 0 Å². The van der Waals surface area contributed by atoms with Gasteiger partial charge in [0.2, 0.25) is 6.04 Å². The molecule has 0 aromatic rings. The first-order chi connectivity index (χ1) is 5.63. The van der Waals surface area contributed by atoms with E-state index in [0.29, 0.717) is 12.0 Å². The zero-order valence-electron chi connectivity index (χ0n) is 6.95. The summed E-state index contributed by atoms with van der Waals surface area (Å²) in [5, 5.41) is 10.4. The van der Waals surface area contributed by atoms with Crippen molar-refractivity contribution in [1.29, 1.82) is 0 Å². The molecule has 0 bridgehead atoms. The van der Waals surface area contributed by atoms with E-state index in [9.17, 15) is 14.9 Å². The van der Waals surface area contributed by atoms with Gasteiger partial charge in [0.1, 0.15) is 0 Å². The molecule has 0 spiro atoms. The standard InChI is InChI=1S/C8H11NO3/c1-6(9(11)12)7-4-2-3-5-8(7)10/h4,6H,2-3,5H2,1H3. The summed E-state index contributed by atoms with van der Waals surface area (Å²) >= 11 is 0. The summed E-state index contributed by atoms with van der Waals surface area (Å²) in [6.45, 7) is 1.45. The molecule has 4 heteroatoms. The van der Waals surface area contributed by atoms with Crippen molar-refractivity contribution in [3.8, 4) is 0 Å². The number of carbonyl (C=O) groups excluding carboxylic acids is 1. The Morgan fingerprint density at radius 2 is 2.33 bits per heavy atom. The normalized spacial score (nSPS) is 20.1. The zero-order valence-corrected chi connectivity index (χ0v) is 6.95. The number of rotatable bonds is 2. The summed E-state index contributed by atoms with van der Waals surface area (Å²) in [7, 11) is 0. The van der Waals surface area contributed by atoms with E-state index in [4.69, 9.17) is 0 Å². The van der Waals surface area contributed by atoms with Crippen molar-refractivity contribution < 1.29 is 9.72 Å². The third-order valence-electron chi connectivity index (χ3n) is 2.06. The van der Waals surface area contributed by atoms with Gasteiger partial charge in [0.15, 0.2) is 5.78 Å². The van der Waals surface area contributed by atoms with Crippen molar-refractivity contribution in [2.75, 3.05) is 0 Å². The average Bonchev–Trinajstić information content (AvgIpc) is 2.04. The molecule has 0 heterocycles. The molecule has 1 aliphatic carbocycles. The molecule has 12 heavy (non-hydrogen) atoms. The quantitative estimate of drug-likeness (QED) is 0.462. The van der Waals surface area contributed by atoms with Gasteiger partial charge in [-0.25, -0.2) is 0 Å². The van der Waals surface area contributed by atoms with Crippen molar-refractivity contribution in [1.82, 2.24) is 0 Å². The van der Waals surface area contributed by atoms with E-state index in [2.05, 4.69) is 0 Å². The highest BCUT2D eigenvalue weighted by molar-refractivity contribution is 5.96. The number of hydrogen-bond donors (Lipinski definition) is 0. The first kappa shape index (κ1) is 8.90. The molecule has 0 fully saturated rings. The van der Waals surface area contributed by atoms with Crippen LogP contribution in [0, 0.1) is 10.1 Å². The molecule has 0 saturated carbocycles. The van der Waals surface area contributed by atoms with Crippen LogP contribution < -0.4 is 0 Å². The molecule has 0 N–H and O–H groups in total. The maximum Gasteiger partial charge on any atom is 0.238 e. The lowest BCUT2D eigenvalue weighted by Crippen LogP contribution is -2.24. The Hall–Kier alpha value is -1.19. The van der Waals surface area contributed by atoms with E-state index < -0.39 is 11.0 Å². The van der Waals surface area contributed by atoms with Crippen LogP contribution in [-0.2, 0) is 4.79 Å². The first-order valence-electron chi connectivity index (χ1n) is 3.99. The van der Waals surface area contributed by atoms with Gasteiger partial charge in [0, 0.05) is 18.3 Å². The predicted octanol–water partition coefficient (Wildman–Crippen LogP) is 1.33. The Morgan fingerprint density at radius 3 is 2.83 bits per heavy atom. The van der Waals surface area contributed by atoms with Crippen molar-refractivity contribution in [2.24, 2.45) is 0 Å². The van der Waals surface area contributed by atoms with Crippen molar-refractivity contribution >= 4 is 5.78 Å². The minimum absolute atomic E-state index is 0.0644. The number of Topliss-reactive ketones (excluding diaryl/α,β-unsaturated/α-hetero) is 1. The summed E-state index contributed by atoms with van der Waals surface area (Å²) in [5.74, 6) is -0.0644. The molecule has 0 aliphatic heterocycles. The van der Waals surface area contributed by atoms with Gasteiger partial charge in [0.05, 0.1) is 5.57 Å². The fourth-order valence-electron chi connectivity index (χ4n) is 1.30. The Morgan fingerprint density at radius 1 is 1.67 bits per heavy atom. The lowest BCUT2D eigenvalue weighted by molar-refractivity contribution is -0.506. The van der Waals surface area contributed by atoms with Crippen molar-refractivity contribution in [2.45, 2.75) is 32.2 Å². The van der Waals surface area contributed by atoms with Gasteiger partial charge in [-0.15, -0.1) is 0 Å². The van der Waals surface area contributed by atoms with Crippen molar-refractivity contribution in [3.63, 3.8) is 0 Å². The third-order valence-corrected chi connectivity index (χ3v) is 2.06. The molecule has 0 aromatic heterocycles. The average molecular weight is 169 g/mol. The van der Waals surface area contributed by atoms with Gasteiger partial charge in [-0.3, -0.25) is 14.9 Å². The van der Waals surface area contributed by atoms with Gasteiger partial charge < -0.3 is 0 Å². The molecule has 0 saturated heterocycles. The third kappa shape index (κ3) is 1.69. The van der Waals surface area contributed by atoms with E-state index in [-0.39, 0.29) is 5.78 Å². The van der Waals surface area contributed by atoms with Crippen molar-refractivity contribution in [3.05, 3.63) is 21.8 Å². The van der Waals surface area contributed by atoms with Gasteiger partial charge in [0.25, 0.3) is 0 Å². The molecule has 1 aliphatic rings. The van der Waals surface area contributed by atoms with Crippen LogP contribution in [0.2, 0.25) is 0 Å². The van der Waals surface area contributed by atoms with E-state index in [1.54, 1.807) is 6.08 Å². The van der Waals surface area contributed by atoms with Crippen LogP contribution in [0.25, 0.3) is 0 Å². The molecule has 4 nitrogen and oxygen atoms in total. The van der Waals surface area contributed by atoms with E-state index in [1.165, 1.54) is 6.92 Å². The number of nitrogens with zero attached hydrogens (tertiary/aromatic N) is 1. The summed E-state index contributed by atoms with van der Waals surface area (Å²) in [6.07, 6.45) is 3.77. The summed E-state index contributed by atoms with van der Waals surface area (Å²) < 4.78 is 0. The molecule has 1 unspecified atom stereocenters. The molecule has 1 atom stereocenters. The second-order valence-electron chi connectivity index (χ2n) is 2.94. The fourth-order valence-corrected chi connectivity index (χ4v) is 1.30. The van der Waals surface area contributed by atoms with Crippen LogP contribution in [0.1, 0.15) is 26.2 Å². The highest BCUT2D eigenvalue weighted by Gasteiger charge is 2.26. The molecule has 66 valence electrons. The Balaban J connectivity index is 2.78. The van der Waals surface area contributed by atoms with Crippen LogP contribution in [0.4, 0.5) is 0 Å². The van der Waals surface area contributed by atoms with Gasteiger partial charge in [-0.2, -0.15) is 0 Å². The minimum Gasteiger partial charge on any atom is -0.294 e. The first-order valence-corrected chi connectivity index (χ1v) is 3.99. The highest BCUT2D eigenvalue weighted by Crippen LogP contribution is 2.18. The maximum absolute atomic E-state index is 11.2. The summed E-state index contributed by atoms with van der Waals surface area (Å²) in [5.41, 5.74) is 0.381. The fraction of sp³-hybridized carbons (Fsp3) is 0.625. The Labute approximate surface area is 70.4 Å². The smallest absolute Gasteiger partial charge is 0.238 e. The largest absolute Gasteiger partial charge is 0.294 e. The molecule has 0 radical (unpaired) electrons.